The van der Waals surface area contributed by atoms with Gasteiger partial charge in [-0.1, -0.05) is 110 Å². The maximum Gasteiger partial charge on any atom is 0.0412 e. The van der Waals surface area contributed by atoms with Crippen LogP contribution in [-0.2, 0) is 11.8 Å². The van der Waals surface area contributed by atoms with Crippen LogP contribution in [0.4, 0.5) is 0 Å². The van der Waals surface area contributed by atoms with E-state index in [2.05, 4.69) is 111 Å². The summed E-state index contributed by atoms with van der Waals surface area (Å²) in [5.41, 5.74) is 15.9. The molecule has 2 aliphatic carbocycles. The first-order valence-electron chi connectivity index (χ1n) is 12.3. The van der Waals surface area contributed by atoms with Crippen LogP contribution in [0.3, 0.4) is 0 Å². The number of fused-ring (bicyclic) bond motifs is 8. The monoisotopic (exact) mass is 468 g/mol. The van der Waals surface area contributed by atoms with Gasteiger partial charge in [-0.2, -0.15) is 0 Å². The highest BCUT2D eigenvalue weighted by atomic mass is 35.5. The highest BCUT2D eigenvalue weighted by Gasteiger charge is 2.36. The van der Waals surface area contributed by atoms with Gasteiger partial charge in [0.05, 0.1) is 0 Å². The van der Waals surface area contributed by atoms with E-state index < -0.39 is 0 Å². The molecule has 0 amide bonds. The SMILES string of the molecule is CC1(C)c2ccccc2-c2c(-c3ccc4c(c3)-c3ccccc3-c3cc(Cl)ccc3C4)cccc21. The van der Waals surface area contributed by atoms with Crippen molar-refractivity contribution in [3.63, 3.8) is 0 Å². The van der Waals surface area contributed by atoms with Crippen LogP contribution in [0.25, 0.3) is 44.5 Å². The molecule has 1 heteroatoms. The third-order valence-corrected chi connectivity index (χ3v) is 8.22. The number of hydrogen-bond donors (Lipinski definition) is 0. The Bertz CT molecular complexity index is 1650. The fourth-order valence-corrected chi connectivity index (χ4v) is 6.43. The molecule has 0 fully saturated rings. The normalized spacial score (nSPS) is 14.3. The molecule has 5 aromatic carbocycles. The molecule has 0 spiro atoms. The summed E-state index contributed by atoms with van der Waals surface area (Å²) in [7, 11) is 0. The topological polar surface area (TPSA) is 0 Å². The first-order chi connectivity index (χ1) is 17.0. The number of benzene rings is 5. The zero-order chi connectivity index (χ0) is 23.7. The van der Waals surface area contributed by atoms with Gasteiger partial charge < -0.3 is 0 Å². The van der Waals surface area contributed by atoms with E-state index in [1.807, 2.05) is 6.07 Å². The van der Waals surface area contributed by atoms with Gasteiger partial charge in [0.1, 0.15) is 0 Å². The van der Waals surface area contributed by atoms with Crippen LogP contribution in [0.5, 0.6) is 0 Å². The van der Waals surface area contributed by atoms with Crippen molar-refractivity contribution < 1.29 is 0 Å². The second-order valence-electron chi connectivity index (χ2n) is 10.3. The molecule has 0 unspecified atom stereocenters. The second-order valence-corrected chi connectivity index (χ2v) is 10.7. The molecule has 0 heterocycles. The van der Waals surface area contributed by atoms with Gasteiger partial charge in [-0.05, 0) is 91.4 Å². The fourth-order valence-electron chi connectivity index (χ4n) is 6.26. The van der Waals surface area contributed by atoms with Gasteiger partial charge in [-0.25, -0.2) is 0 Å². The molecule has 0 aliphatic heterocycles. The summed E-state index contributed by atoms with van der Waals surface area (Å²) >= 11 is 6.43. The van der Waals surface area contributed by atoms with Gasteiger partial charge in [0.15, 0.2) is 0 Å². The lowest BCUT2D eigenvalue weighted by molar-refractivity contribution is 0.660. The average molecular weight is 469 g/mol. The van der Waals surface area contributed by atoms with E-state index in [1.165, 1.54) is 66.8 Å². The summed E-state index contributed by atoms with van der Waals surface area (Å²) in [6.07, 6.45) is 0.902. The van der Waals surface area contributed by atoms with Crippen LogP contribution in [0.15, 0.2) is 103 Å². The number of halogens is 1. The van der Waals surface area contributed by atoms with Gasteiger partial charge in [-0.15, -0.1) is 0 Å². The largest absolute Gasteiger partial charge is 0.0843 e. The van der Waals surface area contributed by atoms with E-state index in [-0.39, 0.29) is 5.41 Å². The van der Waals surface area contributed by atoms with Gasteiger partial charge in [-0.3, -0.25) is 0 Å². The van der Waals surface area contributed by atoms with E-state index in [1.54, 1.807) is 0 Å². The van der Waals surface area contributed by atoms with Crippen molar-refractivity contribution >= 4 is 11.6 Å². The van der Waals surface area contributed by atoms with Crippen LogP contribution >= 0.6 is 11.6 Å². The Morgan fingerprint density at radius 1 is 0.543 bits per heavy atom. The van der Waals surface area contributed by atoms with E-state index in [9.17, 15) is 0 Å². The Labute approximate surface area is 211 Å². The quantitative estimate of drug-likeness (QED) is 0.225. The van der Waals surface area contributed by atoms with Crippen molar-refractivity contribution in [1.82, 2.24) is 0 Å². The highest BCUT2D eigenvalue weighted by molar-refractivity contribution is 6.31. The summed E-state index contributed by atoms with van der Waals surface area (Å²) in [5.74, 6) is 0. The van der Waals surface area contributed by atoms with Crippen molar-refractivity contribution in [1.29, 1.82) is 0 Å². The van der Waals surface area contributed by atoms with Crippen molar-refractivity contribution in [2.24, 2.45) is 0 Å². The van der Waals surface area contributed by atoms with Crippen molar-refractivity contribution in [2.45, 2.75) is 25.7 Å². The molecule has 0 radical (unpaired) electrons. The summed E-state index contributed by atoms with van der Waals surface area (Å²) in [4.78, 5) is 0. The maximum absolute atomic E-state index is 6.43. The zero-order valence-corrected chi connectivity index (χ0v) is 20.7. The van der Waals surface area contributed by atoms with Gasteiger partial charge in [0.2, 0.25) is 0 Å². The molecule has 2 aliphatic rings. The Balaban J connectivity index is 1.47. The van der Waals surface area contributed by atoms with Crippen molar-refractivity contribution in [3.8, 4) is 44.5 Å². The number of hydrogen-bond acceptors (Lipinski definition) is 0. The smallest absolute Gasteiger partial charge is 0.0412 e. The molecule has 0 saturated heterocycles. The van der Waals surface area contributed by atoms with E-state index in [0.29, 0.717) is 0 Å². The third-order valence-electron chi connectivity index (χ3n) is 7.99. The van der Waals surface area contributed by atoms with Gasteiger partial charge >= 0.3 is 0 Å². The van der Waals surface area contributed by atoms with E-state index >= 15 is 0 Å². The third kappa shape index (κ3) is 3.00. The van der Waals surface area contributed by atoms with Crippen molar-refractivity contribution in [2.75, 3.05) is 0 Å². The molecular weight excluding hydrogens is 444 g/mol. The van der Waals surface area contributed by atoms with Crippen LogP contribution < -0.4 is 0 Å². The minimum absolute atomic E-state index is 0.00113. The molecule has 35 heavy (non-hydrogen) atoms. The first kappa shape index (κ1) is 20.7. The lowest BCUT2D eigenvalue weighted by Crippen LogP contribution is -2.14. The van der Waals surface area contributed by atoms with Gasteiger partial charge in [0.25, 0.3) is 0 Å². The number of rotatable bonds is 1. The predicted octanol–water partition coefficient (Wildman–Crippen LogP) is 9.55. The van der Waals surface area contributed by atoms with Crippen LogP contribution in [0, 0.1) is 0 Å². The molecule has 0 bridgehead atoms. The minimum atomic E-state index is 0.00113. The van der Waals surface area contributed by atoms with Crippen molar-refractivity contribution in [3.05, 3.63) is 130 Å². The summed E-state index contributed by atoms with van der Waals surface area (Å²) < 4.78 is 0. The molecule has 7 rings (SSSR count). The zero-order valence-electron chi connectivity index (χ0n) is 19.9. The predicted molar refractivity (Wildman–Crippen MR) is 148 cm³/mol. The average Bonchev–Trinajstić information content (AvgIpc) is 3.03. The molecule has 0 aromatic heterocycles. The molecular formula is C34H25Cl. The molecule has 0 nitrogen and oxygen atoms in total. The first-order valence-corrected chi connectivity index (χ1v) is 12.6. The second kappa shape index (κ2) is 7.44. The minimum Gasteiger partial charge on any atom is -0.0843 e. The molecule has 5 aromatic rings. The van der Waals surface area contributed by atoms with E-state index in [4.69, 9.17) is 11.6 Å². The van der Waals surface area contributed by atoms with E-state index in [0.717, 1.165) is 11.4 Å². The molecule has 0 saturated carbocycles. The Morgan fingerprint density at radius 2 is 1.14 bits per heavy atom. The maximum atomic E-state index is 6.43. The summed E-state index contributed by atoms with van der Waals surface area (Å²) in [6.45, 7) is 4.69. The van der Waals surface area contributed by atoms with Crippen LogP contribution in [0.2, 0.25) is 5.02 Å². The molecule has 0 N–H and O–H groups in total. The summed E-state index contributed by atoms with van der Waals surface area (Å²) in [6, 6.07) is 37.8. The van der Waals surface area contributed by atoms with Gasteiger partial charge in [0, 0.05) is 10.4 Å². The van der Waals surface area contributed by atoms with Crippen LogP contribution in [0.1, 0.15) is 36.1 Å². The Kier molecular flexibility index (Phi) is 4.41. The molecule has 0 atom stereocenters. The Hall–Kier alpha value is -3.61. The highest BCUT2D eigenvalue weighted by Crippen LogP contribution is 2.52. The van der Waals surface area contributed by atoms with Crippen LogP contribution in [-0.4, -0.2) is 0 Å². The standard InChI is InChI=1S/C34H25Cl/c1-34(2)31-12-6-5-10-28(31)33-25(11-7-13-32(33)34)23-15-14-21-18-22-16-17-24(35)20-30(22)27-9-4-3-8-26(27)29(21)19-23/h3-17,19-20H,18H2,1-2H3. The lowest BCUT2D eigenvalue weighted by Gasteiger charge is -2.21. The Morgan fingerprint density at radius 3 is 1.91 bits per heavy atom. The molecule has 168 valence electrons. The fraction of sp³-hybridized carbons (Fsp3) is 0.118. The lowest BCUT2D eigenvalue weighted by atomic mass is 9.82. The summed E-state index contributed by atoms with van der Waals surface area (Å²) in [5, 5.41) is 0.784.